The van der Waals surface area contributed by atoms with E-state index in [4.69, 9.17) is 0 Å². The number of anilines is 1. The minimum absolute atomic E-state index is 0.0246. The Morgan fingerprint density at radius 1 is 1.08 bits per heavy atom. The van der Waals surface area contributed by atoms with E-state index in [1.807, 2.05) is 23.1 Å². The first-order valence-corrected chi connectivity index (χ1v) is 8.56. The minimum Gasteiger partial charge on any atom is -0.370 e. The van der Waals surface area contributed by atoms with Crippen LogP contribution in [0.4, 0.5) is 19.0 Å². The third-order valence-corrected chi connectivity index (χ3v) is 4.53. The monoisotopic (exact) mass is 363 g/mol. The van der Waals surface area contributed by atoms with E-state index in [0.29, 0.717) is 31.1 Å². The molecule has 1 N–H and O–H groups in total. The van der Waals surface area contributed by atoms with Crippen molar-refractivity contribution >= 4 is 11.7 Å². The average molecular weight is 363 g/mol. The largest absolute Gasteiger partial charge is 0.433 e. The molecule has 1 aromatic heterocycles. The molecule has 4 nitrogen and oxygen atoms in total. The summed E-state index contributed by atoms with van der Waals surface area (Å²) in [5, 5.41) is 2.99. The number of alkyl halides is 3. The van der Waals surface area contributed by atoms with Gasteiger partial charge in [-0.25, -0.2) is 4.98 Å². The van der Waals surface area contributed by atoms with Crippen molar-refractivity contribution in [2.24, 2.45) is 5.92 Å². The van der Waals surface area contributed by atoms with Crippen molar-refractivity contribution in [1.82, 2.24) is 9.88 Å². The molecule has 0 aliphatic carbocycles. The highest BCUT2D eigenvalue weighted by Gasteiger charge is 2.32. The Kier molecular flexibility index (Phi) is 5.44. The molecule has 138 valence electrons. The van der Waals surface area contributed by atoms with Gasteiger partial charge in [0.15, 0.2) is 0 Å². The third-order valence-electron chi connectivity index (χ3n) is 4.53. The number of rotatable bonds is 4. The van der Waals surface area contributed by atoms with Crippen molar-refractivity contribution in [2.45, 2.75) is 19.0 Å². The molecule has 1 aromatic carbocycles. The van der Waals surface area contributed by atoms with Gasteiger partial charge in [-0.3, -0.25) is 4.79 Å². The van der Waals surface area contributed by atoms with Gasteiger partial charge in [0.2, 0.25) is 0 Å². The van der Waals surface area contributed by atoms with Crippen LogP contribution in [0.5, 0.6) is 0 Å². The SMILES string of the molecule is O=C(c1ccccc1)N1CCC(CNc2cccc(C(F)(F)F)n2)CC1. The quantitative estimate of drug-likeness (QED) is 0.891. The van der Waals surface area contributed by atoms with Crippen LogP contribution in [0.25, 0.3) is 0 Å². The van der Waals surface area contributed by atoms with Crippen molar-refractivity contribution < 1.29 is 18.0 Å². The molecule has 0 bridgehead atoms. The smallest absolute Gasteiger partial charge is 0.370 e. The van der Waals surface area contributed by atoms with Gasteiger partial charge in [0.25, 0.3) is 5.91 Å². The Morgan fingerprint density at radius 2 is 1.77 bits per heavy atom. The number of halogens is 3. The number of amides is 1. The minimum atomic E-state index is -4.44. The van der Waals surface area contributed by atoms with Crippen LogP contribution >= 0.6 is 0 Å². The lowest BCUT2D eigenvalue weighted by Crippen LogP contribution is -2.39. The number of pyridine rings is 1. The molecule has 0 radical (unpaired) electrons. The van der Waals surface area contributed by atoms with Gasteiger partial charge in [-0.2, -0.15) is 13.2 Å². The Morgan fingerprint density at radius 3 is 2.42 bits per heavy atom. The lowest BCUT2D eigenvalue weighted by atomic mass is 9.96. The standard InChI is InChI=1S/C19H20F3N3O/c20-19(21,22)16-7-4-8-17(24-16)23-13-14-9-11-25(12-10-14)18(26)15-5-2-1-3-6-15/h1-8,14H,9-13H2,(H,23,24). The molecule has 1 fully saturated rings. The zero-order valence-electron chi connectivity index (χ0n) is 14.2. The molecular formula is C19H20F3N3O. The second-order valence-electron chi connectivity index (χ2n) is 6.39. The number of nitrogens with zero attached hydrogens (tertiary/aromatic N) is 2. The van der Waals surface area contributed by atoms with E-state index in [0.717, 1.165) is 18.9 Å². The summed E-state index contributed by atoms with van der Waals surface area (Å²) >= 11 is 0. The molecule has 1 aliphatic heterocycles. The Bertz CT molecular complexity index is 741. The highest BCUT2D eigenvalue weighted by molar-refractivity contribution is 5.94. The number of hydrogen-bond acceptors (Lipinski definition) is 3. The molecule has 26 heavy (non-hydrogen) atoms. The van der Waals surface area contributed by atoms with Gasteiger partial charge in [0.05, 0.1) is 0 Å². The van der Waals surface area contributed by atoms with Crippen LogP contribution in [0.3, 0.4) is 0 Å². The van der Waals surface area contributed by atoms with Gasteiger partial charge in [0, 0.05) is 25.2 Å². The second-order valence-corrected chi connectivity index (χ2v) is 6.39. The zero-order valence-corrected chi connectivity index (χ0v) is 14.2. The van der Waals surface area contributed by atoms with Crippen molar-refractivity contribution in [3.63, 3.8) is 0 Å². The highest BCUT2D eigenvalue weighted by Crippen LogP contribution is 2.28. The fourth-order valence-corrected chi connectivity index (χ4v) is 3.04. The molecule has 2 heterocycles. The van der Waals surface area contributed by atoms with Gasteiger partial charge in [0.1, 0.15) is 11.5 Å². The highest BCUT2D eigenvalue weighted by atomic mass is 19.4. The van der Waals surface area contributed by atoms with E-state index in [1.54, 1.807) is 12.1 Å². The van der Waals surface area contributed by atoms with Crippen molar-refractivity contribution in [3.05, 3.63) is 59.8 Å². The van der Waals surface area contributed by atoms with Crippen molar-refractivity contribution in [1.29, 1.82) is 0 Å². The maximum atomic E-state index is 12.7. The van der Waals surface area contributed by atoms with Gasteiger partial charge in [-0.05, 0) is 43.0 Å². The Hall–Kier alpha value is -2.57. The summed E-state index contributed by atoms with van der Waals surface area (Å²) in [7, 11) is 0. The number of piperidine rings is 1. The van der Waals surface area contributed by atoms with Gasteiger partial charge >= 0.3 is 6.18 Å². The lowest BCUT2D eigenvalue weighted by Gasteiger charge is -2.32. The second kappa shape index (κ2) is 7.76. The van der Waals surface area contributed by atoms with Crippen LogP contribution in [0.1, 0.15) is 28.9 Å². The molecule has 0 saturated carbocycles. The van der Waals surface area contributed by atoms with Crippen LogP contribution in [-0.2, 0) is 6.18 Å². The lowest BCUT2D eigenvalue weighted by molar-refractivity contribution is -0.141. The van der Waals surface area contributed by atoms with Gasteiger partial charge < -0.3 is 10.2 Å². The molecule has 3 rings (SSSR count). The van der Waals surface area contributed by atoms with Gasteiger partial charge in [-0.1, -0.05) is 24.3 Å². The van der Waals surface area contributed by atoms with Crippen molar-refractivity contribution in [3.8, 4) is 0 Å². The third kappa shape index (κ3) is 4.53. The predicted octanol–water partition coefficient (Wildman–Crippen LogP) is 4.06. The fraction of sp³-hybridized carbons (Fsp3) is 0.368. The summed E-state index contributed by atoms with van der Waals surface area (Å²) in [6.45, 7) is 1.84. The first-order chi connectivity index (χ1) is 12.4. The maximum Gasteiger partial charge on any atom is 0.433 e. The van der Waals surface area contributed by atoms with E-state index in [2.05, 4.69) is 10.3 Å². The molecule has 0 atom stereocenters. The van der Waals surface area contributed by atoms with Crippen LogP contribution in [-0.4, -0.2) is 35.4 Å². The molecule has 1 amide bonds. The van der Waals surface area contributed by atoms with Crippen LogP contribution in [0.2, 0.25) is 0 Å². The molecule has 2 aromatic rings. The number of nitrogens with one attached hydrogen (secondary N) is 1. The van der Waals surface area contributed by atoms with E-state index in [-0.39, 0.29) is 11.7 Å². The van der Waals surface area contributed by atoms with E-state index < -0.39 is 11.9 Å². The average Bonchev–Trinajstić information content (AvgIpc) is 2.66. The molecule has 1 saturated heterocycles. The van der Waals surface area contributed by atoms with E-state index >= 15 is 0 Å². The normalized spacial score (nSPS) is 15.7. The summed E-state index contributed by atoms with van der Waals surface area (Å²) < 4.78 is 38.1. The van der Waals surface area contributed by atoms with Gasteiger partial charge in [-0.15, -0.1) is 0 Å². The first kappa shape index (κ1) is 18.2. The first-order valence-electron chi connectivity index (χ1n) is 8.56. The van der Waals surface area contributed by atoms with Crippen molar-refractivity contribution in [2.75, 3.05) is 25.0 Å². The topological polar surface area (TPSA) is 45.2 Å². The fourth-order valence-electron chi connectivity index (χ4n) is 3.04. The van der Waals surface area contributed by atoms with Crippen LogP contribution in [0.15, 0.2) is 48.5 Å². The summed E-state index contributed by atoms with van der Waals surface area (Å²) in [5.41, 5.74) is -0.219. The zero-order chi connectivity index (χ0) is 18.6. The predicted molar refractivity (Wildman–Crippen MR) is 92.8 cm³/mol. The number of carbonyl (C=O) groups excluding carboxylic acids is 1. The summed E-state index contributed by atoms with van der Waals surface area (Å²) in [4.78, 5) is 17.8. The summed E-state index contributed by atoms with van der Waals surface area (Å²) in [5.74, 6) is 0.547. The van der Waals surface area contributed by atoms with E-state index in [9.17, 15) is 18.0 Å². The Labute approximate surface area is 150 Å². The Balaban J connectivity index is 1.50. The number of hydrogen-bond donors (Lipinski definition) is 1. The van der Waals surface area contributed by atoms with E-state index in [1.165, 1.54) is 12.1 Å². The number of carbonyl (C=O) groups is 1. The number of likely N-dealkylation sites (tertiary alicyclic amines) is 1. The molecule has 0 unspecified atom stereocenters. The number of benzene rings is 1. The summed E-state index contributed by atoms with van der Waals surface area (Å²) in [6.07, 6.45) is -2.82. The molecule has 7 heteroatoms. The maximum absolute atomic E-state index is 12.7. The molecule has 0 spiro atoms. The molecule has 1 aliphatic rings. The van der Waals surface area contributed by atoms with Crippen LogP contribution < -0.4 is 5.32 Å². The summed E-state index contributed by atoms with van der Waals surface area (Å²) in [6, 6.07) is 13.0. The molecular weight excluding hydrogens is 343 g/mol. The number of aromatic nitrogens is 1. The van der Waals surface area contributed by atoms with Crippen LogP contribution in [0, 0.1) is 5.92 Å².